The molecule has 1 heterocycles. The van der Waals surface area contributed by atoms with E-state index >= 15 is 0 Å². The molecule has 1 aliphatic heterocycles. The quantitative estimate of drug-likeness (QED) is 0.904. The number of fused-ring (bicyclic) bond motifs is 1. The lowest BCUT2D eigenvalue weighted by molar-refractivity contribution is -0.117. The highest BCUT2D eigenvalue weighted by Crippen LogP contribution is 2.30. The van der Waals surface area contributed by atoms with E-state index in [1.807, 2.05) is 48.3 Å². The first-order chi connectivity index (χ1) is 11.6. The number of para-hydroxylation sites is 3. The van der Waals surface area contributed by atoms with E-state index in [0.29, 0.717) is 23.9 Å². The summed E-state index contributed by atoms with van der Waals surface area (Å²) in [6.45, 7) is 1.30. The Morgan fingerprint density at radius 1 is 1.21 bits per heavy atom. The molecule has 1 atom stereocenters. The number of carbonyl (C=O) groups excluding carboxylic acids is 1. The highest BCUT2D eigenvalue weighted by atomic mass is 35.5. The van der Waals surface area contributed by atoms with Crippen LogP contribution in [-0.2, 0) is 4.79 Å². The van der Waals surface area contributed by atoms with Crippen LogP contribution in [0.3, 0.4) is 0 Å². The fraction of sp³-hybridized carbons (Fsp3) is 0.278. The maximum atomic E-state index is 12.1. The summed E-state index contributed by atoms with van der Waals surface area (Å²) >= 11 is 6.04. The lowest BCUT2D eigenvalue weighted by Gasteiger charge is -2.29. The van der Waals surface area contributed by atoms with Crippen molar-refractivity contribution in [3.05, 3.63) is 53.6 Å². The average molecular weight is 347 g/mol. The molecular formula is C18H19ClN2O3. The van der Waals surface area contributed by atoms with Gasteiger partial charge >= 0.3 is 0 Å². The fourth-order valence-corrected chi connectivity index (χ4v) is 2.75. The van der Waals surface area contributed by atoms with Gasteiger partial charge in [0, 0.05) is 6.54 Å². The first kappa shape index (κ1) is 16.6. The Balaban J connectivity index is 1.50. The molecule has 0 saturated carbocycles. The molecule has 5 nitrogen and oxygen atoms in total. The van der Waals surface area contributed by atoms with Gasteiger partial charge in [-0.05, 0) is 31.3 Å². The highest BCUT2D eigenvalue weighted by Gasteiger charge is 2.22. The van der Waals surface area contributed by atoms with Crippen LogP contribution in [0.25, 0.3) is 0 Å². The Hall–Kier alpha value is -2.24. The molecule has 0 spiro atoms. The average Bonchev–Trinajstić information content (AvgIpc) is 2.56. The minimum atomic E-state index is -0.122. The lowest BCUT2D eigenvalue weighted by Crippen LogP contribution is -2.42. The second-order valence-electron chi connectivity index (χ2n) is 5.72. The van der Waals surface area contributed by atoms with Crippen molar-refractivity contribution in [3.8, 4) is 11.5 Å². The molecule has 3 rings (SSSR count). The van der Waals surface area contributed by atoms with Crippen LogP contribution < -0.4 is 14.8 Å². The van der Waals surface area contributed by atoms with Crippen molar-refractivity contribution in [1.29, 1.82) is 0 Å². The van der Waals surface area contributed by atoms with Crippen LogP contribution in [0.2, 0.25) is 5.02 Å². The van der Waals surface area contributed by atoms with Crippen LogP contribution in [0, 0.1) is 0 Å². The highest BCUT2D eigenvalue weighted by molar-refractivity contribution is 6.33. The first-order valence-corrected chi connectivity index (χ1v) is 8.11. The van der Waals surface area contributed by atoms with Crippen LogP contribution in [0.5, 0.6) is 11.5 Å². The van der Waals surface area contributed by atoms with Gasteiger partial charge in [0.05, 0.1) is 17.3 Å². The van der Waals surface area contributed by atoms with Crippen LogP contribution in [0.15, 0.2) is 48.5 Å². The number of amides is 1. The number of anilines is 1. The summed E-state index contributed by atoms with van der Waals surface area (Å²) in [5.41, 5.74) is 0.615. The summed E-state index contributed by atoms with van der Waals surface area (Å²) < 4.78 is 11.6. The third-order valence-corrected chi connectivity index (χ3v) is 3.97. The minimum absolute atomic E-state index is 0.113. The Labute approximate surface area is 146 Å². The summed E-state index contributed by atoms with van der Waals surface area (Å²) in [6.07, 6.45) is -0.113. The predicted octanol–water partition coefficient (Wildman–Crippen LogP) is 3.05. The standard InChI is InChI=1S/C18H19ClN2O3/c1-21(11-18(22)20-15-7-3-2-6-14(15)19)10-13-12-23-16-8-4-5-9-17(16)24-13/h2-9,13H,10-12H2,1H3,(H,20,22). The lowest BCUT2D eigenvalue weighted by atomic mass is 10.2. The van der Waals surface area contributed by atoms with Crippen LogP contribution >= 0.6 is 11.6 Å². The molecule has 0 saturated heterocycles. The Morgan fingerprint density at radius 2 is 1.92 bits per heavy atom. The zero-order valence-electron chi connectivity index (χ0n) is 13.4. The van der Waals surface area contributed by atoms with E-state index in [1.54, 1.807) is 12.1 Å². The number of nitrogens with zero attached hydrogens (tertiary/aromatic N) is 1. The summed E-state index contributed by atoms with van der Waals surface area (Å²) in [5.74, 6) is 1.37. The van der Waals surface area contributed by atoms with Crippen molar-refractivity contribution in [2.24, 2.45) is 0 Å². The van der Waals surface area contributed by atoms with Gasteiger partial charge in [0.15, 0.2) is 11.5 Å². The summed E-state index contributed by atoms with van der Waals surface area (Å²) in [7, 11) is 1.87. The smallest absolute Gasteiger partial charge is 0.238 e. The Kier molecular flexibility index (Phi) is 5.23. The topological polar surface area (TPSA) is 50.8 Å². The van der Waals surface area contributed by atoms with E-state index in [1.165, 1.54) is 0 Å². The maximum absolute atomic E-state index is 12.1. The van der Waals surface area contributed by atoms with Gasteiger partial charge in [0.1, 0.15) is 12.7 Å². The zero-order valence-corrected chi connectivity index (χ0v) is 14.1. The van der Waals surface area contributed by atoms with E-state index in [-0.39, 0.29) is 18.6 Å². The second-order valence-corrected chi connectivity index (χ2v) is 6.13. The molecule has 24 heavy (non-hydrogen) atoms. The zero-order chi connectivity index (χ0) is 16.9. The van der Waals surface area contributed by atoms with Crippen molar-refractivity contribution in [1.82, 2.24) is 4.90 Å². The minimum Gasteiger partial charge on any atom is -0.486 e. The molecule has 0 fully saturated rings. The van der Waals surface area contributed by atoms with Crippen LogP contribution in [0.4, 0.5) is 5.69 Å². The largest absolute Gasteiger partial charge is 0.486 e. The van der Waals surface area contributed by atoms with Gasteiger partial charge in [-0.3, -0.25) is 9.69 Å². The molecule has 1 amide bonds. The third-order valence-electron chi connectivity index (χ3n) is 3.64. The van der Waals surface area contributed by atoms with E-state index in [9.17, 15) is 4.79 Å². The maximum Gasteiger partial charge on any atom is 0.238 e. The van der Waals surface area contributed by atoms with Gasteiger partial charge in [-0.15, -0.1) is 0 Å². The molecule has 0 bridgehead atoms. The molecule has 126 valence electrons. The number of hydrogen-bond donors (Lipinski definition) is 1. The van der Waals surface area contributed by atoms with Crippen molar-refractivity contribution in [3.63, 3.8) is 0 Å². The number of rotatable bonds is 5. The van der Waals surface area contributed by atoms with Crippen molar-refractivity contribution in [2.45, 2.75) is 6.10 Å². The number of carbonyl (C=O) groups is 1. The molecule has 0 aromatic heterocycles. The molecule has 0 radical (unpaired) electrons. The van der Waals surface area contributed by atoms with Gasteiger partial charge in [-0.2, -0.15) is 0 Å². The summed E-state index contributed by atoms with van der Waals surface area (Å²) in [6, 6.07) is 14.7. The molecule has 1 N–H and O–H groups in total. The molecule has 6 heteroatoms. The molecule has 0 aliphatic carbocycles. The van der Waals surface area contributed by atoms with Gasteiger partial charge in [0.25, 0.3) is 0 Å². The van der Waals surface area contributed by atoms with Crippen LogP contribution in [-0.4, -0.2) is 43.7 Å². The summed E-state index contributed by atoms with van der Waals surface area (Å²) in [4.78, 5) is 14.0. The first-order valence-electron chi connectivity index (χ1n) is 7.73. The number of benzene rings is 2. The van der Waals surface area contributed by atoms with E-state index in [4.69, 9.17) is 21.1 Å². The Morgan fingerprint density at radius 3 is 2.71 bits per heavy atom. The van der Waals surface area contributed by atoms with Gasteiger partial charge < -0.3 is 14.8 Å². The Bertz CT molecular complexity index is 723. The van der Waals surface area contributed by atoms with Crippen molar-refractivity contribution >= 4 is 23.2 Å². The molecule has 2 aromatic rings. The molecule has 2 aromatic carbocycles. The summed E-state index contributed by atoms with van der Waals surface area (Å²) in [5, 5.41) is 3.33. The molecule has 1 aliphatic rings. The van der Waals surface area contributed by atoms with Gasteiger partial charge in [0.2, 0.25) is 5.91 Å². The van der Waals surface area contributed by atoms with Crippen molar-refractivity contribution < 1.29 is 14.3 Å². The van der Waals surface area contributed by atoms with E-state index < -0.39 is 0 Å². The number of likely N-dealkylation sites (N-methyl/N-ethyl adjacent to an activating group) is 1. The molecule has 1 unspecified atom stereocenters. The number of hydrogen-bond acceptors (Lipinski definition) is 4. The van der Waals surface area contributed by atoms with E-state index in [2.05, 4.69) is 5.32 Å². The SMILES string of the molecule is CN(CC(=O)Nc1ccccc1Cl)CC1COc2ccccc2O1. The molecular weight excluding hydrogens is 328 g/mol. The fourth-order valence-electron chi connectivity index (χ4n) is 2.56. The van der Waals surface area contributed by atoms with Gasteiger partial charge in [-0.25, -0.2) is 0 Å². The third kappa shape index (κ3) is 4.19. The normalized spacial score (nSPS) is 16.0. The number of nitrogens with one attached hydrogen (secondary N) is 1. The predicted molar refractivity (Wildman–Crippen MR) is 93.9 cm³/mol. The van der Waals surface area contributed by atoms with Crippen molar-refractivity contribution in [2.75, 3.05) is 32.1 Å². The number of ether oxygens (including phenoxy) is 2. The van der Waals surface area contributed by atoms with Crippen LogP contribution in [0.1, 0.15) is 0 Å². The second kappa shape index (κ2) is 7.55. The van der Waals surface area contributed by atoms with Gasteiger partial charge in [-0.1, -0.05) is 35.9 Å². The number of halogens is 1. The monoisotopic (exact) mass is 346 g/mol. The van der Waals surface area contributed by atoms with E-state index in [0.717, 1.165) is 11.5 Å².